The van der Waals surface area contributed by atoms with Gasteiger partial charge in [0.05, 0.1) is 19.3 Å². The van der Waals surface area contributed by atoms with E-state index < -0.39 is 10.0 Å². The summed E-state index contributed by atoms with van der Waals surface area (Å²) in [5, 5.41) is 1.14. The molecule has 0 atom stereocenters. The van der Waals surface area contributed by atoms with Crippen molar-refractivity contribution in [3.63, 3.8) is 0 Å². The fourth-order valence-corrected chi connectivity index (χ4v) is 3.94. The van der Waals surface area contributed by atoms with Crippen LogP contribution in [-0.2, 0) is 23.6 Å². The molecule has 6 nitrogen and oxygen atoms in total. The van der Waals surface area contributed by atoms with Crippen LogP contribution < -0.4 is 9.46 Å². The summed E-state index contributed by atoms with van der Waals surface area (Å²) in [6.45, 7) is 1.92. The largest absolute Gasteiger partial charge is 0.497 e. The summed E-state index contributed by atoms with van der Waals surface area (Å²) in [5.41, 5.74) is 3.34. The molecule has 0 bridgehead atoms. The number of aromatic nitrogens is 1. The smallest absolute Gasteiger partial charge is 0.234 e. The lowest BCUT2D eigenvalue weighted by molar-refractivity contribution is 0.103. The van der Waals surface area contributed by atoms with E-state index in [4.69, 9.17) is 4.74 Å². The Morgan fingerprint density at radius 1 is 1.10 bits per heavy atom. The van der Waals surface area contributed by atoms with Gasteiger partial charge in [0, 0.05) is 23.7 Å². The van der Waals surface area contributed by atoms with Crippen LogP contribution in [0.15, 0.2) is 66.1 Å². The van der Waals surface area contributed by atoms with E-state index in [1.54, 1.807) is 43.0 Å². The number of methoxy groups -OCH3 is 1. The Hall–Kier alpha value is -3.16. The van der Waals surface area contributed by atoms with Crippen LogP contribution in [0.25, 0.3) is 6.08 Å². The zero-order valence-corrected chi connectivity index (χ0v) is 17.9. The maximum absolute atomic E-state index is 12.9. The minimum atomic E-state index is -3.62. The lowest BCUT2D eigenvalue weighted by Crippen LogP contribution is -2.22. The van der Waals surface area contributed by atoms with Crippen LogP contribution in [0.5, 0.6) is 5.75 Å². The summed E-state index contributed by atoms with van der Waals surface area (Å²) < 4.78 is 34.0. The van der Waals surface area contributed by atoms with Crippen LogP contribution >= 0.6 is 0 Å². The number of sulfonamides is 1. The van der Waals surface area contributed by atoms with Gasteiger partial charge in [0.1, 0.15) is 5.75 Å². The molecule has 1 heterocycles. The Morgan fingerprint density at radius 3 is 2.40 bits per heavy atom. The molecule has 0 fully saturated rings. The number of nitrogens with one attached hydrogen (secondary N) is 1. The first-order chi connectivity index (χ1) is 14.3. The monoisotopic (exact) mass is 424 g/mol. The molecule has 0 amide bonds. The summed E-state index contributed by atoms with van der Waals surface area (Å²) in [7, 11) is -0.294. The second-order valence-corrected chi connectivity index (χ2v) is 8.51. The number of hydrogen-bond donors (Lipinski definition) is 1. The number of hydrogen-bond acceptors (Lipinski definition) is 4. The average molecular weight is 425 g/mol. The minimum Gasteiger partial charge on any atom is -0.497 e. The second kappa shape index (κ2) is 9.11. The topological polar surface area (TPSA) is 77.4 Å². The number of carbonyl (C=O) groups is 1. The molecule has 7 heteroatoms. The molecule has 0 unspecified atom stereocenters. The van der Waals surface area contributed by atoms with Crippen LogP contribution in [-0.4, -0.2) is 25.9 Å². The number of ether oxygens (including phenoxy) is 1. The van der Waals surface area contributed by atoms with Gasteiger partial charge >= 0.3 is 0 Å². The van der Waals surface area contributed by atoms with E-state index in [-0.39, 0.29) is 12.3 Å². The fraction of sp³-hybridized carbons (Fsp3) is 0.174. The number of rotatable bonds is 8. The SMILES string of the molecule is COc1ccc(C(=O)c2c(C)cc(CNS(=O)(=O)C=Cc3ccccc3)n2C)cc1. The first-order valence-electron chi connectivity index (χ1n) is 9.37. The maximum atomic E-state index is 12.9. The first-order valence-corrected chi connectivity index (χ1v) is 10.9. The number of aryl methyl sites for hydroxylation is 1. The maximum Gasteiger partial charge on any atom is 0.234 e. The van der Waals surface area contributed by atoms with Crippen LogP contribution in [0.4, 0.5) is 0 Å². The molecule has 0 saturated heterocycles. The van der Waals surface area contributed by atoms with Crippen molar-refractivity contribution < 1.29 is 17.9 Å². The highest BCUT2D eigenvalue weighted by molar-refractivity contribution is 7.92. The summed E-state index contributed by atoms with van der Waals surface area (Å²) >= 11 is 0. The summed E-state index contributed by atoms with van der Waals surface area (Å²) in [5.74, 6) is 0.546. The Bertz CT molecular complexity index is 1160. The lowest BCUT2D eigenvalue weighted by atomic mass is 10.1. The number of carbonyl (C=O) groups excluding carboxylic acids is 1. The summed E-state index contributed by atoms with van der Waals surface area (Å²) in [6.07, 6.45) is 1.54. The van der Waals surface area contributed by atoms with Gasteiger partial charge in [0.15, 0.2) is 0 Å². The molecule has 0 aliphatic carbocycles. The van der Waals surface area contributed by atoms with E-state index in [9.17, 15) is 13.2 Å². The van der Waals surface area contributed by atoms with Gasteiger partial charge in [-0.15, -0.1) is 0 Å². The van der Waals surface area contributed by atoms with Gasteiger partial charge in [-0.2, -0.15) is 0 Å². The van der Waals surface area contributed by atoms with Crippen LogP contribution in [0, 0.1) is 6.92 Å². The third-order valence-electron chi connectivity index (χ3n) is 4.78. The summed E-state index contributed by atoms with van der Waals surface area (Å²) in [6, 6.07) is 17.9. The normalized spacial score (nSPS) is 11.7. The molecule has 30 heavy (non-hydrogen) atoms. The fourth-order valence-electron chi connectivity index (χ4n) is 3.16. The van der Waals surface area contributed by atoms with Crippen LogP contribution in [0.3, 0.4) is 0 Å². The van der Waals surface area contributed by atoms with Gasteiger partial charge in [0.25, 0.3) is 0 Å². The van der Waals surface area contributed by atoms with Crippen molar-refractivity contribution in [3.05, 3.63) is 94.1 Å². The van der Waals surface area contributed by atoms with Gasteiger partial charge in [0.2, 0.25) is 15.8 Å². The molecule has 0 saturated carbocycles. The Morgan fingerprint density at radius 2 is 1.77 bits per heavy atom. The van der Waals surface area contributed by atoms with Crippen LogP contribution in [0.2, 0.25) is 0 Å². The molecule has 3 aromatic rings. The molecule has 2 aromatic carbocycles. The zero-order chi connectivity index (χ0) is 21.7. The van der Waals surface area contributed by atoms with E-state index in [0.29, 0.717) is 22.7 Å². The minimum absolute atomic E-state index is 0.0781. The molecule has 1 aromatic heterocycles. The average Bonchev–Trinajstić information content (AvgIpc) is 3.04. The van der Waals surface area contributed by atoms with Crippen molar-refractivity contribution in [2.75, 3.05) is 7.11 Å². The lowest BCUT2D eigenvalue weighted by Gasteiger charge is -2.09. The quantitative estimate of drug-likeness (QED) is 0.560. The predicted octanol–water partition coefficient (Wildman–Crippen LogP) is 3.66. The first kappa shape index (κ1) is 21.5. The Labute approximate surface area is 176 Å². The van der Waals surface area contributed by atoms with Crippen LogP contribution in [0.1, 0.15) is 32.9 Å². The van der Waals surface area contributed by atoms with Crippen molar-refractivity contribution in [1.82, 2.24) is 9.29 Å². The molecular weight excluding hydrogens is 400 g/mol. The Kier molecular flexibility index (Phi) is 6.54. The highest BCUT2D eigenvalue weighted by Crippen LogP contribution is 2.20. The standard InChI is InChI=1S/C23H24N2O4S/c1-17-15-20(16-24-30(27,28)14-13-18-7-5-4-6-8-18)25(2)22(17)23(26)19-9-11-21(29-3)12-10-19/h4-15,24H,16H2,1-3H3. The molecule has 0 radical (unpaired) electrons. The van der Waals surface area contributed by atoms with Crippen molar-refractivity contribution >= 4 is 21.9 Å². The van der Waals surface area contributed by atoms with Crippen molar-refractivity contribution in [2.24, 2.45) is 7.05 Å². The van der Waals surface area contributed by atoms with E-state index in [1.807, 2.05) is 43.3 Å². The highest BCUT2D eigenvalue weighted by atomic mass is 32.2. The third-order valence-corrected chi connectivity index (χ3v) is 5.82. The van der Waals surface area contributed by atoms with Gasteiger partial charge < -0.3 is 9.30 Å². The van der Waals surface area contributed by atoms with E-state index >= 15 is 0 Å². The Balaban J connectivity index is 1.75. The van der Waals surface area contributed by atoms with Gasteiger partial charge in [-0.1, -0.05) is 30.3 Å². The number of nitrogens with zero attached hydrogens (tertiary/aromatic N) is 1. The van der Waals surface area contributed by atoms with Crippen molar-refractivity contribution in [3.8, 4) is 5.75 Å². The van der Waals surface area contributed by atoms with E-state index in [2.05, 4.69) is 4.72 Å². The predicted molar refractivity (Wildman–Crippen MR) is 118 cm³/mol. The van der Waals surface area contributed by atoms with E-state index in [0.717, 1.165) is 16.5 Å². The third kappa shape index (κ3) is 5.06. The van der Waals surface area contributed by atoms with Gasteiger partial charge in [-0.3, -0.25) is 4.79 Å². The molecular formula is C23H24N2O4S. The molecule has 3 rings (SSSR count). The molecule has 0 aliphatic heterocycles. The molecule has 156 valence electrons. The van der Waals surface area contributed by atoms with Gasteiger partial charge in [-0.05, 0) is 54.5 Å². The molecule has 1 N–H and O–H groups in total. The van der Waals surface area contributed by atoms with Crippen molar-refractivity contribution in [2.45, 2.75) is 13.5 Å². The second-order valence-electron chi connectivity index (χ2n) is 6.86. The number of benzene rings is 2. The zero-order valence-electron chi connectivity index (χ0n) is 17.1. The van der Waals surface area contributed by atoms with Crippen molar-refractivity contribution in [1.29, 1.82) is 0 Å². The number of ketones is 1. The molecule has 0 spiro atoms. The molecule has 0 aliphatic rings. The van der Waals surface area contributed by atoms with E-state index in [1.165, 1.54) is 6.08 Å². The van der Waals surface area contributed by atoms with Gasteiger partial charge in [-0.25, -0.2) is 13.1 Å². The summed E-state index contributed by atoms with van der Waals surface area (Å²) in [4.78, 5) is 12.9. The highest BCUT2D eigenvalue weighted by Gasteiger charge is 2.19.